The van der Waals surface area contributed by atoms with Crippen LogP contribution in [-0.4, -0.2) is 58.9 Å². The normalized spacial score (nSPS) is 23.6. The lowest BCUT2D eigenvalue weighted by atomic mass is 9.89. The maximum atomic E-state index is 4.44. The van der Waals surface area contributed by atoms with E-state index in [0.717, 1.165) is 37.3 Å². The van der Waals surface area contributed by atoms with Gasteiger partial charge in [-0.25, -0.2) is 0 Å². The summed E-state index contributed by atoms with van der Waals surface area (Å²) in [7, 11) is 0. The Morgan fingerprint density at radius 1 is 0.553 bits per heavy atom. The first-order chi connectivity index (χ1) is 18.8. The maximum absolute atomic E-state index is 4.44. The number of hydrogen-bond acceptors (Lipinski definition) is 4. The lowest BCUT2D eigenvalue weighted by Crippen LogP contribution is -2.82. The number of unbranched alkanes of at least 4 members (excludes halogenated alkanes) is 5. The Kier molecular flexibility index (Phi) is 13.2. The van der Waals surface area contributed by atoms with Gasteiger partial charge in [0, 0.05) is 24.2 Å². The van der Waals surface area contributed by atoms with E-state index >= 15 is 0 Å². The molecule has 4 rings (SSSR count). The molecule has 4 aliphatic carbocycles. The molecule has 4 saturated carbocycles. The third-order valence-electron chi connectivity index (χ3n) is 10.9. The van der Waals surface area contributed by atoms with Gasteiger partial charge < -0.3 is 5.32 Å². The highest BCUT2D eigenvalue weighted by Gasteiger charge is 2.56. The monoisotopic (exact) mass is 531 g/mol. The molecule has 4 nitrogen and oxygen atoms in total. The van der Waals surface area contributed by atoms with E-state index in [1.54, 1.807) is 0 Å². The molecule has 38 heavy (non-hydrogen) atoms. The lowest BCUT2D eigenvalue weighted by molar-refractivity contribution is -0.178. The average molecular weight is 531 g/mol. The fourth-order valence-corrected chi connectivity index (χ4v) is 9.32. The molecule has 4 fully saturated rings. The van der Waals surface area contributed by atoms with Gasteiger partial charge in [0.15, 0.2) is 0 Å². The molecule has 0 heterocycles. The van der Waals surface area contributed by atoms with Crippen molar-refractivity contribution in [2.45, 2.75) is 204 Å². The summed E-state index contributed by atoms with van der Waals surface area (Å²) in [4.78, 5) is 6.44. The number of likely N-dealkylation sites (N-methyl/N-ethyl adjacent to an activating group) is 2. The summed E-state index contributed by atoms with van der Waals surface area (Å²) in [5.41, 5.74) is 0. The number of nitrogens with zero attached hydrogens (tertiary/aromatic N) is 2. The van der Waals surface area contributed by atoms with Gasteiger partial charge in [-0.2, -0.15) is 0 Å². The molecule has 0 aliphatic heterocycles. The molecule has 2 N–H and O–H groups in total. The van der Waals surface area contributed by atoms with Crippen molar-refractivity contribution in [2.75, 3.05) is 13.1 Å². The van der Waals surface area contributed by atoms with Gasteiger partial charge in [0.2, 0.25) is 0 Å². The van der Waals surface area contributed by atoms with Gasteiger partial charge in [-0.05, 0) is 70.9 Å². The highest BCUT2D eigenvalue weighted by atomic mass is 15.6. The summed E-state index contributed by atoms with van der Waals surface area (Å²) >= 11 is 0. The smallest absolute Gasteiger partial charge is 0.145 e. The third-order valence-corrected chi connectivity index (χ3v) is 10.9. The Morgan fingerprint density at radius 3 is 1.32 bits per heavy atom. The van der Waals surface area contributed by atoms with E-state index in [0.29, 0.717) is 6.04 Å². The molecule has 0 aromatic rings. The molecule has 4 heteroatoms. The van der Waals surface area contributed by atoms with E-state index in [4.69, 9.17) is 0 Å². The zero-order chi connectivity index (χ0) is 26.6. The SMILES string of the molecule is CCCCCCCCC(NCC)C(NCC)(N(C1CCCC1)C1CCCC1)N(C1CCCC1)C1CCCC1. The van der Waals surface area contributed by atoms with Crippen molar-refractivity contribution in [1.29, 1.82) is 0 Å². The number of nitrogens with one attached hydrogen (secondary N) is 2. The largest absolute Gasteiger partial charge is 0.310 e. The van der Waals surface area contributed by atoms with Crippen LogP contribution < -0.4 is 10.6 Å². The molecular formula is C34H66N4. The molecule has 0 aromatic carbocycles. The highest BCUT2D eigenvalue weighted by molar-refractivity contribution is 5.08. The second-order valence-electron chi connectivity index (χ2n) is 13.5. The average Bonchev–Trinajstić information content (AvgIpc) is 3.75. The Hall–Kier alpha value is -0.160. The molecule has 0 radical (unpaired) electrons. The zero-order valence-corrected chi connectivity index (χ0v) is 26.0. The summed E-state index contributed by atoms with van der Waals surface area (Å²) in [5, 5.41) is 8.66. The van der Waals surface area contributed by atoms with Crippen LogP contribution in [0.3, 0.4) is 0 Å². The van der Waals surface area contributed by atoms with Gasteiger partial charge >= 0.3 is 0 Å². The second-order valence-corrected chi connectivity index (χ2v) is 13.5. The molecule has 0 amide bonds. The molecule has 0 bridgehead atoms. The summed E-state index contributed by atoms with van der Waals surface area (Å²) < 4.78 is 0. The molecule has 222 valence electrons. The van der Waals surface area contributed by atoms with Crippen molar-refractivity contribution in [3.63, 3.8) is 0 Å². The van der Waals surface area contributed by atoms with E-state index in [9.17, 15) is 0 Å². The quantitative estimate of drug-likeness (QED) is 0.138. The van der Waals surface area contributed by atoms with Gasteiger partial charge in [0.1, 0.15) is 5.79 Å². The van der Waals surface area contributed by atoms with Crippen LogP contribution in [0.5, 0.6) is 0 Å². The van der Waals surface area contributed by atoms with E-state index in [1.807, 2.05) is 0 Å². The van der Waals surface area contributed by atoms with Gasteiger partial charge in [0.05, 0.1) is 6.04 Å². The molecule has 0 spiro atoms. The number of hydrogen-bond donors (Lipinski definition) is 2. The Labute approximate surface area is 237 Å². The zero-order valence-electron chi connectivity index (χ0n) is 26.0. The van der Waals surface area contributed by atoms with Crippen LogP contribution in [0.25, 0.3) is 0 Å². The third kappa shape index (κ3) is 7.37. The topological polar surface area (TPSA) is 30.5 Å². The van der Waals surface area contributed by atoms with Crippen LogP contribution in [0.15, 0.2) is 0 Å². The van der Waals surface area contributed by atoms with Crippen molar-refractivity contribution in [1.82, 2.24) is 20.4 Å². The van der Waals surface area contributed by atoms with Crippen LogP contribution in [0, 0.1) is 0 Å². The molecule has 0 saturated heterocycles. The fraction of sp³-hybridized carbons (Fsp3) is 1.00. The predicted molar refractivity (Wildman–Crippen MR) is 165 cm³/mol. The molecular weight excluding hydrogens is 464 g/mol. The van der Waals surface area contributed by atoms with E-state index in [1.165, 1.54) is 148 Å². The van der Waals surface area contributed by atoms with E-state index in [2.05, 4.69) is 41.2 Å². The van der Waals surface area contributed by atoms with E-state index in [-0.39, 0.29) is 5.79 Å². The Morgan fingerprint density at radius 2 is 0.947 bits per heavy atom. The van der Waals surface area contributed by atoms with Gasteiger partial charge in [-0.3, -0.25) is 15.1 Å². The van der Waals surface area contributed by atoms with Crippen LogP contribution in [0.1, 0.15) is 168 Å². The van der Waals surface area contributed by atoms with Gasteiger partial charge in [0.25, 0.3) is 0 Å². The minimum atomic E-state index is -0.0395. The van der Waals surface area contributed by atoms with Crippen molar-refractivity contribution >= 4 is 0 Å². The summed E-state index contributed by atoms with van der Waals surface area (Å²) in [6, 6.07) is 3.53. The Bertz CT molecular complexity index is 546. The molecule has 1 atom stereocenters. The van der Waals surface area contributed by atoms with Gasteiger partial charge in [-0.1, -0.05) is 111 Å². The molecule has 1 unspecified atom stereocenters. The minimum absolute atomic E-state index is 0.0395. The minimum Gasteiger partial charge on any atom is -0.310 e. The first-order valence-corrected chi connectivity index (χ1v) is 17.8. The van der Waals surface area contributed by atoms with Crippen LogP contribution >= 0.6 is 0 Å². The molecule has 0 aromatic heterocycles. The van der Waals surface area contributed by atoms with Crippen LogP contribution in [0.4, 0.5) is 0 Å². The van der Waals surface area contributed by atoms with E-state index < -0.39 is 0 Å². The van der Waals surface area contributed by atoms with Crippen molar-refractivity contribution in [3.05, 3.63) is 0 Å². The summed E-state index contributed by atoms with van der Waals surface area (Å²) in [6.45, 7) is 9.28. The number of rotatable bonds is 18. The first-order valence-electron chi connectivity index (χ1n) is 17.8. The predicted octanol–water partition coefficient (Wildman–Crippen LogP) is 8.35. The van der Waals surface area contributed by atoms with Crippen LogP contribution in [0.2, 0.25) is 0 Å². The fourth-order valence-electron chi connectivity index (χ4n) is 9.32. The maximum Gasteiger partial charge on any atom is 0.145 e. The van der Waals surface area contributed by atoms with Crippen molar-refractivity contribution in [2.24, 2.45) is 0 Å². The highest BCUT2D eigenvalue weighted by Crippen LogP contribution is 2.45. The first kappa shape index (κ1) is 30.8. The van der Waals surface area contributed by atoms with Gasteiger partial charge in [-0.15, -0.1) is 0 Å². The lowest BCUT2D eigenvalue weighted by Gasteiger charge is -2.62. The summed E-state index contributed by atoms with van der Waals surface area (Å²) in [6.07, 6.45) is 32.5. The molecule has 4 aliphatic rings. The van der Waals surface area contributed by atoms with Crippen LogP contribution in [-0.2, 0) is 0 Å². The standard InChI is InChI=1S/C34H66N4/c1-4-7-8-9-10-11-28-33(35-5-2)34(36-6-3,37(29-20-12-13-21-29)30-22-14-15-23-30)38(31-24-16-17-25-31)32-26-18-19-27-32/h29-33,35-36H,4-28H2,1-3H3. The van der Waals surface area contributed by atoms with Crippen molar-refractivity contribution in [3.8, 4) is 0 Å². The second kappa shape index (κ2) is 16.3. The summed E-state index contributed by atoms with van der Waals surface area (Å²) in [5.74, 6) is -0.0395. The Balaban J connectivity index is 1.75. The van der Waals surface area contributed by atoms with Crippen molar-refractivity contribution < 1.29 is 0 Å².